The molecule has 1 amide bonds. The molecule has 0 fully saturated rings. The summed E-state index contributed by atoms with van der Waals surface area (Å²) in [6.07, 6.45) is -1.13. The Bertz CT molecular complexity index is 1470. The van der Waals surface area contributed by atoms with Crippen molar-refractivity contribution in [3.63, 3.8) is 0 Å². The number of nitrogens with zero attached hydrogens (tertiary/aromatic N) is 4. The van der Waals surface area contributed by atoms with Gasteiger partial charge in [-0.3, -0.25) is 14.5 Å². The number of nitrogens with two attached hydrogens (primary N) is 2. The van der Waals surface area contributed by atoms with E-state index in [1.54, 1.807) is 17.9 Å². The molecule has 2 aromatic heterocycles. The monoisotopic (exact) mass is 531 g/mol. The van der Waals surface area contributed by atoms with Gasteiger partial charge in [-0.2, -0.15) is 18.2 Å². The Morgan fingerprint density at radius 2 is 2.05 bits per heavy atom. The van der Waals surface area contributed by atoms with Crippen LogP contribution in [0.4, 0.5) is 30.6 Å². The number of nitrogen functional groups attached to an aromatic ring is 1. The summed E-state index contributed by atoms with van der Waals surface area (Å²) in [7, 11) is 1.51. The van der Waals surface area contributed by atoms with Gasteiger partial charge < -0.3 is 26.1 Å². The van der Waals surface area contributed by atoms with E-state index in [0.717, 1.165) is 11.1 Å². The smallest absolute Gasteiger partial charge is 0.390 e. The molecule has 1 aliphatic rings. The third-order valence-corrected chi connectivity index (χ3v) is 6.43. The van der Waals surface area contributed by atoms with Crippen LogP contribution in [0.15, 0.2) is 35.3 Å². The zero-order chi connectivity index (χ0) is 27.6. The summed E-state index contributed by atoms with van der Waals surface area (Å²) in [5.41, 5.74) is 13.2. The van der Waals surface area contributed by atoms with E-state index in [1.807, 2.05) is 18.2 Å². The second-order valence-electron chi connectivity index (χ2n) is 8.81. The fourth-order valence-electron chi connectivity index (χ4n) is 4.43. The molecule has 0 radical (unpaired) electrons. The molecule has 0 aliphatic carbocycles. The molecule has 0 spiro atoms. The van der Waals surface area contributed by atoms with E-state index >= 15 is 0 Å². The number of fused-ring (bicyclic) bond motifs is 1. The van der Waals surface area contributed by atoms with Crippen LogP contribution in [0, 0.1) is 0 Å². The number of amides is 1. The first kappa shape index (κ1) is 26.9. The summed E-state index contributed by atoms with van der Waals surface area (Å²) in [6.45, 7) is 3.08. The SMILES string of the molecule is CCn1c(N)c(C(N)=O)c(=O)c2cnc(Nc3ccc(C4=CCN(CCC(F)(F)F)CC4)cc3OC)nc21. The average Bonchev–Trinajstić information content (AvgIpc) is 2.87. The maximum Gasteiger partial charge on any atom is 0.390 e. The predicted octanol–water partition coefficient (Wildman–Crippen LogP) is 3.29. The van der Waals surface area contributed by atoms with E-state index < -0.39 is 23.9 Å². The van der Waals surface area contributed by atoms with Crippen molar-refractivity contribution in [1.82, 2.24) is 19.4 Å². The van der Waals surface area contributed by atoms with E-state index in [-0.39, 0.29) is 34.9 Å². The lowest BCUT2D eigenvalue weighted by atomic mass is 9.98. The summed E-state index contributed by atoms with van der Waals surface area (Å²) in [4.78, 5) is 35.0. The normalized spacial score (nSPS) is 14.4. The fourth-order valence-corrected chi connectivity index (χ4v) is 4.43. The highest BCUT2D eigenvalue weighted by atomic mass is 19.4. The highest BCUT2D eigenvalue weighted by Crippen LogP contribution is 2.33. The van der Waals surface area contributed by atoms with Gasteiger partial charge in [0.25, 0.3) is 5.91 Å². The van der Waals surface area contributed by atoms with Crippen LogP contribution in [0.5, 0.6) is 5.75 Å². The van der Waals surface area contributed by atoms with Crippen molar-refractivity contribution in [2.75, 3.05) is 37.8 Å². The Kier molecular flexibility index (Phi) is 7.58. The van der Waals surface area contributed by atoms with Crippen LogP contribution in [-0.2, 0) is 6.54 Å². The lowest BCUT2D eigenvalue weighted by Gasteiger charge is -2.27. The quantitative estimate of drug-likeness (QED) is 0.402. The van der Waals surface area contributed by atoms with Crippen LogP contribution in [0.3, 0.4) is 0 Å². The molecule has 1 aliphatic heterocycles. The maximum atomic E-state index is 12.7. The van der Waals surface area contributed by atoms with Gasteiger partial charge in [-0.25, -0.2) is 4.98 Å². The third-order valence-electron chi connectivity index (χ3n) is 6.43. The van der Waals surface area contributed by atoms with Crippen molar-refractivity contribution < 1.29 is 22.7 Å². The fraction of sp³-hybridized carbons (Fsp3) is 0.360. The van der Waals surface area contributed by atoms with Gasteiger partial charge >= 0.3 is 6.18 Å². The number of halogens is 3. The number of pyridine rings is 1. The van der Waals surface area contributed by atoms with Crippen LogP contribution >= 0.6 is 0 Å². The number of rotatable bonds is 8. The van der Waals surface area contributed by atoms with Crippen molar-refractivity contribution in [1.29, 1.82) is 0 Å². The number of hydrogen-bond donors (Lipinski definition) is 3. The lowest BCUT2D eigenvalue weighted by Crippen LogP contribution is -2.32. The number of alkyl halides is 3. The summed E-state index contributed by atoms with van der Waals surface area (Å²) in [5, 5.41) is 3.19. The number of aromatic nitrogens is 3. The number of carbonyl (C=O) groups excluding carboxylic acids is 1. The molecular formula is C25H28F3N7O3. The van der Waals surface area contributed by atoms with Crippen LogP contribution in [0.1, 0.15) is 35.7 Å². The van der Waals surface area contributed by atoms with Gasteiger partial charge in [0.15, 0.2) is 5.65 Å². The topological polar surface area (TPSA) is 141 Å². The Morgan fingerprint density at radius 3 is 2.66 bits per heavy atom. The molecule has 13 heteroatoms. The zero-order valence-electron chi connectivity index (χ0n) is 20.9. The molecular weight excluding hydrogens is 503 g/mol. The van der Waals surface area contributed by atoms with Crippen LogP contribution in [-0.4, -0.2) is 58.3 Å². The van der Waals surface area contributed by atoms with E-state index in [1.165, 1.54) is 17.9 Å². The first-order chi connectivity index (χ1) is 18.0. The largest absolute Gasteiger partial charge is 0.495 e. The number of carbonyl (C=O) groups is 1. The number of hydrogen-bond acceptors (Lipinski definition) is 8. The minimum atomic E-state index is -4.16. The van der Waals surface area contributed by atoms with Crippen LogP contribution < -0.4 is 26.9 Å². The molecule has 0 atom stereocenters. The van der Waals surface area contributed by atoms with E-state index in [0.29, 0.717) is 37.5 Å². The van der Waals surface area contributed by atoms with Crippen molar-refractivity contribution >= 4 is 40.0 Å². The summed E-state index contributed by atoms with van der Waals surface area (Å²) in [5.74, 6) is -0.316. The van der Waals surface area contributed by atoms with E-state index in [9.17, 15) is 22.8 Å². The van der Waals surface area contributed by atoms with Crippen molar-refractivity contribution in [3.05, 3.63) is 51.8 Å². The van der Waals surface area contributed by atoms with Gasteiger partial charge in [-0.1, -0.05) is 12.1 Å². The minimum Gasteiger partial charge on any atom is -0.495 e. The minimum absolute atomic E-state index is 0.0213. The van der Waals surface area contributed by atoms with Gasteiger partial charge in [-0.05, 0) is 36.6 Å². The molecule has 202 valence electrons. The van der Waals surface area contributed by atoms with Crippen LogP contribution in [0.25, 0.3) is 16.6 Å². The van der Waals surface area contributed by atoms with Gasteiger partial charge in [0.1, 0.15) is 17.1 Å². The van der Waals surface area contributed by atoms with E-state index in [2.05, 4.69) is 15.3 Å². The first-order valence-corrected chi connectivity index (χ1v) is 11.9. The molecule has 1 aromatic carbocycles. The number of nitrogens with one attached hydrogen (secondary N) is 1. The molecule has 0 saturated carbocycles. The Labute approximate surface area is 216 Å². The number of benzene rings is 1. The first-order valence-electron chi connectivity index (χ1n) is 11.9. The standard InChI is InChI=1S/C25H28F3N7O3/c1-3-35-21(29)19(22(30)37)20(36)16-13-31-24(33-23(16)35)32-17-5-4-15(12-18(17)38-2)14-6-9-34(10-7-14)11-8-25(26,27)28/h4-6,12-13H,3,7-11,29H2,1-2H3,(H2,30,37)(H,31,32,33). The zero-order valence-corrected chi connectivity index (χ0v) is 20.9. The second kappa shape index (κ2) is 10.7. The molecule has 10 nitrogen and oxygen atoms in total. The maximum absolute atomic E-state index is 12.7. The summed E-state index contributed by atoms with van der Waals surface area (Å²) >= 11 is 0. The van der Waals surface area contributed by atoms with Gasteiger partial charge in [0, 0.05) is 32.4 Å². The van der Waals surface area contributed by atoms with Gasteiger partial charge in [0.05, 0.1) is 24.6 Å². The predicted molar refractivity (Wildman–Crippen MR) is 138 cm³/mol. The highest BCUT2D eigenvalue weighted by Gasteiger charge is 2.28. The molecule has 38 heavy (non-hydrogen) atoms. The van der Waals surface area contributed by atoms with Gasteiger partial charge in [-0.15, -0.1) is 0 Å². The summed E-state index contributed by atoms with van der Waals surface area (Å²) < 4.78 is 44.6. The molecule has 0 unspecified atom stereocenters. The molecule has 0 bridgehead atoms. The lowest BCUT2D eigenvalue weighted by molar-refractivity contribution is -0.137. The van der Waals surface area contributed by atoms with E-state index in [4.69, 9.17) is 16.2 Å². The second-order valence-corrected chi connectivity index (χ2v) is 8.81. The highest BCUT2D eigenvalue weighted by molar-refractivity contribution is 6.00. The number of methoxy groups -OCH3 is 1. The molecule has 3 heterocycles. The number of anilines is 3. The molecule has 0 saturated heterocycles. The Balaban J connectivity index is 1.59. The van der Waals surface area contributed by atoms with Crippen molar-refractivity contribution in [3.8, 4) is 5.75 Å². The number of primary amides is 1. The number of ether oxygens (including phenoxy) is 1. The number of aryl methyl sites for hydroxylation is 1. The van der Waals surface area contributed by atoms with Crippen molar-refractivity contribution in [2.24, 2.45) is 5.73 Å². The molecule has 3 aromatic rings. The van der Waals surface area contributed by atoms with Crippen LogP contribution in [0.2, 0.25) is 0 Å². The van der Waals surface area contributed by atoms with Crippen molar-refractivity contribution in [2.45, 2.75) is 32.5 Å². The molecule has 5 N–H and O–H groups in total. The Morgan fingerprint density at radius 1 is 1.29 bits per heavy atom. The Hall–Kier alpha value is -4.13. The van der Waals surface area contributed by atoms with Gasteiger partial charge in [0.2, 0.25) is 11.4 Å². The average molecular weight is 532 g/mol. The molecule has 4 rings (SSSR count). The summed E-state index contributed by atoms with van der Waals surface area (Å²) in [6, 6.07) is 5.50. The third kappa shape index (κ3) is 5.57.